The second kappa shape index (κ2) is 7.74. The number of aliphatic hydroxyl groups is 1. The molecule has 1 N–H and O–H groups in total. The molecule has 0 unspecified atom stereocenters. The molecule has 1 saturated carbocycles. The summed E-state index contributed by atoms with van der Waals surface area (Å²) >= 11 is 0. The Bertz CT molecular complexity index is 385. The van der Waals surface area contributed by atoms with E-state index in [9.17, 15) is 5.11 Å². The summed E-state index contributed by atoms with van der Waals surface area (Å²) in [5, 5.41) is 13.7. The minimum Gasteiger partial charge on any atom is -0.395 e. The van der Waals surface area contributed by atoms with Gasteiger partial charge in [0.25, 0.3) is 0 Å². The van der Waals surface area contributed by atoms with Crippen LogP contribution in [0.25, 0.3) is 0 Å². The lowest BCUT2D eigenvalue weighted by Gasteiger charge is -2.33. The molecule has 0 aliphatic heterocycles. The second-order valence-corrected chi connectivity index (χ2v) is 6.24. The molecule has 0 atom stereocenters. The number of rotatable bonds is 7. The van der Waals surface area contributed by atoms with E-state index in [2.05, 4.69) is 28.8 Å². The molecular formula is C15H28N4O. The largest absolute Gasteiger partial charge is 0.395 e. The maximum Gasteiger partial charge on any atom is 0.141 e. The molecule has 0 aromatic carbocycles. The van der Waals surface area contributed by atoms with Crippen LogP contribution in [0.3, 0.4) is 0 Å². The van der Waals surface area contributed by atoms with Crippen LogP contribution in [0.1, 0.15) is 51.8 Å². The van der Waals surface area contributed by atoms with Gasteiger partial charge in [-0.25, -0.2) is 9.67 Å². The van der Waals surface area contributed by atoms with Gasteiger partial charge >= 0.3 is 0 Å². The standard InChI is InChI=1S/C15H28N4O/c1-13(2)10-19-15(16-12-17-19)11-18(8-9-20)14-6-4-3-5-7-14/h12-14,20H,3-11H2,1-2H3. The fourth-order valence-corrected chi connectivity index (χ4v) is 3.06. The van der Waals surface area contributed by atoms with Crippen LogP contribution in [-0.4, -0.2) is 44.0 Å². The Kier molecular flexibility index (Phi) is 5.98. The summed E-state index contributed by atoms with van der Waals surface area (Å²) in [7, 11) is 0. The minimum atomic E-state index is 0.217. The Balaban J connectivity index is 2.01. The zero-order valence-corrected chi connectivity index (χ0v) is 12.8. The van der Waals surface area contributed by atoms with Crippen molar-refractivity contribution in [2.24, 2.45) is 5.92 Å². The van der Waals surface area contributed by atoms with Crippen LogP contribution in [0.5, 0.6) is 0 Å². The average molecular weight is 280 g/mol. The van der Waals surface area contributed by atoms with Gasteiger partial charge in [-0.1, -0.05) is 33.1 Å². The average Bonchev–Trinajstić information content (AvgIpc) is 2.86. The number of hydrogen-bond donors (Lipinski definition) is 1. The Morgan fingerprint density at radius 2 is 2.10 bits per heavy atom. The first kappa shape index (κ1) is 15.4. The summed E-state index contributed by atoms with van der Waals surface area (Å²) in [6.45, 7) is 7.05. The molecule has 0 radical (unpaired) electrons. The van der Waals surface area contributed by atoms with Crippen LogP contribution in [0, 0.1) is 5.92 Å². The normalized spacial score (nSPS) is 17.2. The van der Waals surface area contributed by atoms with Crippen molar-refractivity contribution in [2.45, 2.75) is 65.1 Å². The van der Waals surface area contributed by atoms with Gasteiger partial charge in [-0.3, -0.25) is 4.90 Å². The van der Waals surface area contributed by atoms with Gasteiger partial charge in [-0.15, -0.1) is 0 Å². The van der Waals surface area contributed by atoms with E-state index in [0.717, 1.165) is 25.5 Å². The topological polar surface area (TPSA) is 54.2 Å². The molecule has 1 aromatic rings. The van der Waals surface area contributed by atoms with Crippen LogP contribution >= 0.6 is 0 Å². The summed E-state index contributed by atoms with van der Waals surface area (Å²) in [6, 6.07) is 0.597. The van der Waals surface area contributed by atoms with Gasteiger partial charge in [0.15, 0.2) is 0 Å². The molecule has 5 heteroatoms. The van der Waals surface area contributed by atoms with Crippen molar-refractivity contribution in [3.05, 3.63) is 12.2 Å². The lowest BCUT2D eigenvalue weighted by Crippen LogP contribution is -2.39. The fourth-order valence-electron chi connectivity index (χ4n) is 3.06. The summed E-state index contributed by atoms with van der Waals surface area (Å²) in [6.07, 6.45) is 8.12. The zero-order valence-electron chi connectivity index (χ0n) is 12.8. The molecule has 1 aliphatic rings. The maximum absolute atomic E-state index is 9.33. The first-order chi connectivity index (χ1) is 9.70. The predicted molar refractivity (Wildman–Crippen MR) is 79.2 cm³/mol. The van der Waals surface area contributed by atoms with Crippen LogP contribution < -0.4 is 0 Å². The van der Waals surface area contributed by atoms with Gasteiger partial charge in [0.05, 0.1) is 13.2 Å². The van der Waals surface area contributed by atoms with Crippen molar-refractivity contribution in [3.8, 4) is 0 Å². The van der Waals surface area contributed by atoms with Crippen LogP contribution in [0.4, 0.5) is 0 Å². The number of aromatic nitrogens is 3. The Morgan fingerprint density at radius 1 is 1.35 bits per heavy atom. The third kappa shape index (κ3) is 4.28. The molecule has 2 rings (SSSR count). The molecule has 1 aromatic heterocycles. The fraction of sp³-hybridized carbons (Fsp3) is 0.867. The molecule has 0 saturated heterocycles. The van der Waals surface area contributed by atoms with Crippen LogP contribution in [0.15, 0.2) is 6.33 Å². The van der Waals surface area contributed by atoms with E-state index in [-0.39, 0.29) is 6.61 Å². The molecule has 20 heavy (non-hydrogen) atoms. The lowest BCUT2D eigenvalue weighted by molar-refractivity contribution is 0.112. The number of hydrogen-bond acceptors (Lipinski definition) is 4. The van der Waals surface area contributed by atoms with Crippen molar-refractivity contribution in [3.63, 3.8) is 0 Å². The quantitative estimate of drug-likeness (QED) is 0.830. The number of aliphatic hydroxyl groups excluding tert-OH is 1. The van der Waals surface area contributed by atoms with E-state index in [1.165, 1.54) is 32.1 Å². The smallest absolute Gasteiger partial charge is 0.141 e. The van der Waals surface area contributed by atoms with Crippen molar-refractivity contribution in [1.29, 1.82) is 0 Å². The summed E-state index contributed by atoms with van der Waals surface area (Å²) in [5.74, 6) is 1.59. The van der Waals surface area contributed by atoms with Crippen molar-refractivity contribution in [2.75, 3.05) is 13.2 Å². The van der Waals surface area contributed by atoms with E-state index in [4.69, 9.17) is 0 Å². The highest BCUT2D eigenvalue weighted by atomic mass is 16.3. The summed E-state index contributed by atoms with van der Waals surface area (Å²) in [5.41, 5.74) is 0. The predicted octanol–water partition coefficient (Wildman–Crippen LogP) is 2.06. The van der Waals surface area contributed by atoms with Gasteiger partial charge in [0, 0.05) is 19.1 Å². The molecule has 0 bridgehead atoms. The second-order valence-electron chi connectivity index (χ2n) is 6.24. The van der Waals surface area contributed by atoms with E-state index in [1.807, 2.05) is 4.68 Å². The highest BCUT2D eigenvalue weighted by molar-refractivity contribution is 4.88. The molecule has 5 nitrogen and oxygen atoms in total. The van der Waals surface area contributed by atoms with E-state index in [0.29, 0.717) is 12.0 Å². The monoisotopic (exact) mass is 280 g/mol. The SMILES string of the molecule is CC(C)Cn1ncnc1CN(CCO)C1CCCCC1. The van der Waals surface area contributed by atoms with Crippen molar-refractivity contribution < 1.29 is 5.11 Å². The highest BCUT2D eigenvalue weighted by Gasteiger charge is 2.22. The molecule has 0 spiro atoms. The van der Waals surface area contributed by atoms with Crippen molar-refractivity contribution >= 4 is 0 Å². The lowest BCUT2D eigenvalue weighted by atomic mass is 9.94. The molecule has 1 heterocycles. The first-order valence-electron chi connectivity index (χ1n) is 7.92. The summed E-state index contributed by atoms with van der Waals surface area (Å²) in [4.78, 5) is 6.80. The van der Waals surface area contributed by atoms with Gasteiger partial charge < -0.3 is 5.11 Å². The molecule has 1 fully saturated rings. The maximum atomic E-state index is 9.33. The molecule has 114 valence electrons. The van der Waals surface area contributed by atoms with E-state index < -0.39 is 0 Å². The third-order valence-electron chi connectivity index (χ3n) is 4.06. The molecule has 0 amide bonds. The number of nitrogens with zero attached hydrogens (tertiary/aromatic N) is 4. The van der Waals surface area contributed by atoms with Crippen LogP contribution in [-0.2, 0) is 13.1 Å². The third-order valence-corrected chi connectivity index (χ3v) is 4.06. The first-order valence-corrected chi connectivity index (χ1v) is 7.92. The highest BCUT2D eigenvalue weighted by Crippen LogP contribution is 2.23. The zero-order chi connectivity index (χ0) is 14.4. The van der Waals surface area contributed by atoms with Crippen molar-refractivity contribution in [1.82, 2.24) is 19.7 Å². The molecule has 1 aliphatic carbocycles. The molecular weight excluding hydrogens is 252 g/mol. The van der Waals surface area contributed by atoms with E-state index in [1.54, 1.807) is 6.33 Å². The van der Waals surface area contributed by atoms with Gasteiger partial charge in [-0.2, -0.15) is 5.10 Å². The van der Waals surface area contributed by atoms with Crippen LogP contribution in [0.2, 0.25) is 0 Å². The summed E-state index contributed by atoms with van der Waals surface area (Å²) < 4.78 is 2.01. The van der Waals surface area contributed by atoms with Gasteiger partial charge in [-0.05, 0) is 18.8 Å². The Labute approximate surface area is 122 Å². The van der Waals surface area contributed by atoms with E-state index >= 15 is 0 Å². The minimum absolute atomic E-state index is 0.217. The van der Waals surface area contributed by atoms with Gasteiger partial charge in [0.2, 0.25) is 0 Å². The Hall–Kier alpha value is -0.940. The van der Waals surface area contributed by atoms with Gasteiger partial charge in [0.1, 0.15) is 12.2 Å². The Morgan fingerprint density at radius 3 is 2.75 bits per heavy atom.